The Balaban J connectivity index is 2.42. The molecule has 0 aliphatic rings. The first kappa shape index (κ1) is 10.9. The molecule has 7 heteroatoms. The summed E-state index contributed by atoms with van der Waals surface area (Å²) in [6.07, 6.45) is 3.16. The summed E-state index contributed by atoms with van der Waals surface area (Å²) < 4.78 is 8.09. The van der Waals surface area contributed by atoms with Crippen molar-refractivity contribution in [1.29, 1.82) is 0 Å². The highest BCUT2D eigenvalue weighted by Gasteiger charge is 2.21. The van der Waals surface area contributed by atoms with E-state index in [9.17, 15) is 5.11 Å². The summed E-state index contributed by atoms with van der Waals surface area (Å²) in [4.78, 5) is 8.44. The van der Waals surface area contributed by atoms with E-state index in [1.807, 2.05) is 24.3 Å². The maximum atomic E-state index is 12.0. The van der Waals surface area contributed by atoms with Crippen LogP contribution >= 0.6 is 0 Å². The molecule has 0 aliphatic heterocycles. The molecule has 98 valence electrons. The van der Waals surface area contributed by atoms with Gasteiger partial charge in [0.05, 0.1) is 12.1 Å². The van der Waals surface area contributed by atoms with E-state index in [-0.39, 0.29) is 0 Å². The van der Waals surface area contributed by atoms with E-state index < -0.39 is 5.95 Å². The second-order valence-electron chi connectivity index (χ2n) is 4.26. The summed E-state index contributed by atoms with van der Waals surface area (Å²) >= 11 is 0. The largest absolute Gasteiger partial charge is 0.615 e. The van der Waals surface area contributed by atoms with Crippen molar-refractivity contribution in [2.24, 2.45) is 0 Å². The van der Waals surface area contributed by atoms with Crippen LogP contribution in [0, 0.1) is 0 Å². The highest BCUT2D eigenvalue weighted by Crippen LogP contribution is 2.08. The maximum Gasteiger partial charge on any atom is 0.351 e. The molecule has 0 radical (unpaired) electrons. The fraction of sp³-hybridized carbons (Fsp3) is 0.0769. The molecule has 0 aliphatic carbocycles. The first-order valence-corrected chi connectivity index (χ1v) is 5.99. The zero-order valence-electron chi connectivity index (χ0n) is 10.5. The number of rotatable bonds is 1. The quantitative estimate of drug-likeness (QED) is 0.405. The number of para-hydroxylation sites is 1. The minimum Gasteiger partial charge on any atom is -0.615 e. The monoisotopic (exact) mass is 267 g/mol. The summed E-state index contributed by atoms with van der Waals surface area (Å²) in [7, 11) is 1.35. The summed E-state index contributed by atoms with van der Waals surface area (Å²) in [5, 5.41) is 17.5. The number of hydrogen-bond donors (Lipinski definition) is 0. The van der Waals surface area contributed by atoms with Crippen molar-refractivity contribution in [3.8, 4) is 0 Å². The lowest BCUT2D eigenvalue weighted by molar-refractivity contribution is -0.570. The Morgan fingerprint density at radius 3 is 2.90 bits per heavy atom. The van der Waals surface area contributed by atoms with Crippen LogP contribution in [0.15, 0.2) is 36.7 Å². The van der Waals surface area contributed by atoms with E-state index in [1.165, 1.54) is 11.7 Å². The standard InChI is InChI=1S/C13H9N5O2/c1-20-13(19)10-8-4-2-3-5-9(8)17-12-11(16-18(10)17)14-6-7-15-12/h2-7H,1H3. The van der Waals surface area contributed by atoms with Gasteiger partial charge in [0, 0.05) is 10.5 Å². The number of aromatic nitrogens is 5. The van der Waals surface area contributed by atoms with Crippen molar-refractivity contribution in [3.05, 3.63) is 42.0 Å². The predicted molar refractivity (Wildman–Crippen MR) is 67.1 cm³/mol. The number of benzene rings is 1. The Kier molecular flexibility index (Phi) is 2.06. The van der Waals surface area contributed by atoms with Gasteiger partial charge in [0.2, 0.25) is 0 Å². The molecular formula is C13H9N5O2. The molecule has 4 aromatic rings. The van der Waals surface area contributed by atoms with Gasteiger partial charge in [-0.25, -0.2) is 4.98 Å². The zero-order chi connectivity index (χ0) is 13.7. The number of nitrogens with zero attached hydrogens (tertiary/aromatic N) is 5. The van der Waals surface area contributed by atoms with Crippen LogP contribution in [-0.2, 0) is 4.74 Å². The third-order valence-electron chi connectivity index (χ3n) is 3.21. The highest BCUT2D eigenvalue weighted by molar-refractivity contribution is 5.78. The molecule has 0 saturated carbocycles. The molecule has 7 nitrogen and oxygen atoms in total. The molecular weight excluding hydrogens is 258 g/mol. The van der Waals surface area contributed by atoms with Crippen molar-refractivity contribution in [3.63, 3.8) is 0 Å². The molecule has 0 atom stereocenters. The molecule has 4 rings (SSSR count). The smallest absolute Gasteiger partial charge is 0.351 e. The van der Waals surface area contributed by atoms with E-state index in [0.717, 1.165) is 10.9 Å². The Morgan fingerprint density at radius 2 is 2.05 bits per heavy atom. The molecule has 0 fully saturated rings. The van der Waals surface area contributed by atoms with Gasteiger partial charge in [0.1, 0.15) is 17.1 Å². The lowest BCUT2D eigenvalue weighted by Gasteiger charge is -2.05. The summed E-state index contributed by atoms with van der Waals surface area (Å²) in [6.45, 7) is 0. The molecule has 0 saturated heterocycles. The van der Waals surface area contributed by atoms with Gasteiger partial charge in [-0.15, -0.1) is 9.50 Å². The number of hydrogen-bond acceptors (Lipinski definition) is 5. The van der Waals surface area contributed by atoms with Crippen LogP contribution in [0.5, 0.6) is 0 Å². The van der Waals surface area contributed by atoms with Gasteiger partial charge >= 0.3 is 11.3 Å². The van der Waals surface area contributed by atoms with Crippen LogP contribution in [0.3, 0.4) is 0 Å². The van der Waals surface area contributed by atoms with E-state index in [4.69, 9.17) is 4.74 Å². The van der Waals surface area contributed by atoms with Crippen LogP contribution < -0.4 is 15.0 Å². The molecule has 0 amide bonds. The second kappa shape index (κ2) is 3.77. The van der Waals surface area contributed by atoms with Crippen molar-refractivity contribution < 1.29 is 14.4 Å². The van der Waals surface area contributed by atoms with Gasteiger partial charge in [0.15, 0.2) is 0 Å². The Hall–Kier alpha value is -2.96. The average molecular weight is 267 g/mol. The van der Waals surface area contributed by atoms with Crippen molar-refractivity contribution in [2.75, 3.05) is 7.11 Å². The van der Waals surface area contributed by atoms with Gasteiger partial charge in [-0.3, -0.25) is 0 Å². The van der Waals surface area contributed by atoms with E-state index >= 15 is 0 Å². The third-order valence-corrected chi connectivity index (χ3v) is 3.21. The van der Waals surface area contributed by atoms with Gasteiger partial charge in [0.25, 0.3) is 0 Å². The molecule has 0 N–H and O–H groups in total. The van der Waals surface area contributed by atoms with Crippen LogP contribution in [0.4, 0.5) is 0 Å². The van der Waals surface area contributed by atoms with Crippen LogP contribution in [-0.4, -0.2) is 26.8 Å². The number of fused-ring (bicyclic) bond motifs is 5. The Labute approximate surface area is 112 Å². The molecule has 0 spiro atoms. The highest BCUT2D eigenvalue weighted by atomic mass is 16.6. The maximum absolute atomic E-state index is 12.0. The molecule has 3 aromatic heterocycles. The van der Waals surface area contributed by atoms with Crippen LogP contribution in [0.1, 0.15) is 0 Å². The topological polar surface area (TPSA) is 79.5 Å². The van der Waals surface area contributed by atoms with Crippen molar-refractivity contribution in [2.45, 2.75) is 0 Å². The fourth-order valence-electron chi connectivity index (χ4n) is 2.39. The predicted octanol–water partition coefficient (Wildman–Crippen LogP) is -1.19. The van der Waals surface area contributed by atoms with Crippen molar-refractivity contribution >= 4 is 28.1 Å². The van der Waals surface area contributed by atoms with Crippen molar-refractivity contribution in [1.82, 2.24) is 19.7 Å². The van der Waals surface area contributed by atoms with Crippen LogP contribution in [0.25, 0.3) is 28.1 Å². The van der Waals surface area contributed by atoms with Gasteiger partial charge < -0.3 is 9.84 Å². The molecule has 0 bridgehead atoms. The van der Waals surface area contributed by atoms with E-state index in [0.29, 0.717) is 16.6 Å². The zero-order valence-corrected chi connectivity index (χ0v) is 10.5. The first-order chi connectivity index (χ1) is 9.81. The minimum atomic E-state index is -0.448. The Morgan fingerprint density at radius 1 is 1.25 bits per heavy atom. The Bertz CT molecular complexity index is 1010. The van der Waals surface area contributed by atoms with Crippen LogP contribution in [0.2, 0.25) is 0 Å². The molecule has 3 heterocycles. The van der Waals surface area contributed by atoms with E-state index in [2.05, 4.69) is 15.1 Å². The summed E-state index contributed by atoms with van der Waals surface area (Å²) in [6, 6.07) is 7.51. The fourth-order valence-corrected chi connectivity index (χ4v) is 2.39. The normalized spacial score (nSPS) is 13.2. The lowest BCUT2D eigenvalue weighted by atomic mass is 10.2. The second-order valence-corrected chi connectivity index (χ2v) is 4.26. The SMILES string of the molecule is COC([O-])=c1c2ccccc2[n+]2c3nccnc3nn12. The summed E-state index contributed by atoms with van der Waals surface area (Å²) in [5.41, 5.74) is 1.90. The number of ether oxygens (including phenoxy) is 1. The first-order valence-electron chi connectivity index (χ1n) is 5.99. The average Bonchev–Trinajstić information content (AvgIpc) is 3.00. The molecule has 1 aromatic carbocycles. The minimum absolute atomic E-state index is 0.364. The molecule has 0 unspecified atom stereocenters. The van der Waals surface area contributed by atoms with Gasteiger partial charge in [-0.2, -0.15) is 0 Å². The van der Waals surface area contributed by atoms with E-state index in [1.54, 1.807) is 16.9 Å². The third kappa shape index (κ3) is 1.23. The van der Waals surface area contributed by atoms with Gasteiger partial charge in [-0.1, -0.05) is 16.8 Å². The number of methoxy groups -OCH3 is 1. The summed E-state index contributed by atoms with van der Waals surface area (Å²) in [5.74, 6) is -0.448. The van der Waals surface area contributed by atoms with Gasteiger partial charge in [-0.05, 0) is 19.2 Å². The lowest BCUT2D eigenvalue weighted by Crippen LogP contribution is -2.34. The molecule has 20 heavy (non-hydrogen) atoms.